The fourth-order valence-electron chi connectivity index (χ4n) is 2.28. The first-order valence-corrected chi connectivity index (χ1v) is 8.45. The Labute approximate surface area is 115 Å². The van der Waals surface area contributed by atoms with Crippen LogP contribution < -0.4 is 10.0 Å². The van der Waals surface area contributed by atoms with Gasteiger partial charge in [0.2, 0.25) is 10.0 Å². The smallest absolute Gasteiger partial charge is 0.242 e. The van der Waals surface area contributed by atoms with E-state index in [2.05, 4.69) is 21.9 Å². The van der Waals surface area contributed by atoms with Crippen molar-refractivity contribution in [3.63, 3.8) is 0 Å². The van der Waals surface area contributed by atoms with Gasteiger partial charge in [0.15, 0.2) is 0 Å². The van der Waals surface area contributed by atoms with E-state index in [4.69, 9.17) is 0 Å². The summed E-state index contributed by atoms with van der Waals surface area (Å²) >= 11 is 0. The van der Waals surface area contributed by atoms with Crippen LogP contribution >= 0.6 is 0 Å². The lowest BCUT2D eigenvalue weighted by molar-refractivity contribution is 0.573. The maximum Gasteiger partial charge on any atom is 0.242 e. The number of H-pyrrole nitrogens is 1. The van der Waals surface area contributed by atoms with Gasteiger partial charge >= 0.3 is 0 Å². The van der Waals surface area contributed by atoms with Crippen LogP contribution in [-0.2, 0) is 16.6 Å². The summed E-state index contributed by atoms with van der Waals surface area (Å²) in [5.74, 6) is 0.528. The van der Waals surface area contributed by atoms with Gasteiger partial charge in [0.1, 0.15) is 0 Å². The predicted octanol–water partition coefficient (Wildman–Crippen LogP) is 1.59. The quantitative estimate of drug-likeness (QED) is 0.679. The molecule has 19 heavy (non-hydrogen) atoms. The second kappa shape index (κ2) is 6.07. The summed E-state index contributed by atoms with van der Waals surface area (Å²) < 4.78 is 27.1. The van der Waals surface area contributed by atoms with Crippen molar-refractivity contribution in [1.29, 1.82) is 0 Å². The highest BCUT2D eigenvalue weighted by Gasteiger charge is 2.39. The lowest BCUT2D eigenvalue weighted by Gasteiger charge is -2.03. The molecule has 2 rings (SSSR count). The van der Waals surface area contributed by atoms with Gasteiger partial charge in [-0.25, -0.2) is 13.1 Å². The molecule has 0 radical (unpaired) electrons. The van der Waals surface area contributed by atoms with E-state index in [1.165, 1.54) is 0 Å². The average Bonchev–Trinajstić information content (AvgIpc) is 2.91. The van der Waals surface area contributed by atoms with Gasteiger partial charge in [-0.05, 0) is 31.4 Å². The molecule has 0 bridgehead atoms. The molecule has 0 amide bonds. The Morgan fingerprint density at radius 2 is 2.21 bits per heavy atom. The first-order chi connectivity index (χ1) is 9.06. The van der Waals surface area contributed by atoms with Crippen molar-refractivity contribution in [2.24, 2.45) is 5.92 Å². The van der Waals surface area contributed by atoms with Crippen molar-refractivity contribution in [1.82, 2.24) is 15.0 Å². The maximum absolute atomic E-state index is 12.2. The van der Waals surface area contributed by atoms with Gasteiger partial charge in [0.05, 0.1) is 4.90 Å². The first-order valence-electron chi connectivity index (χ1n) is 6.97. The second-order valence-corrected chi connectivity index (χ2v) is 6.87. The standard InChI is InChI=1S/C13H23N3O2S/c1-3-5-10-6-13(10)16-19(17,18)12-7-11(15-9-12)8-14-4-2/h7,9-10,13-16H,3-6,8H2,1-2H3. The van der Waals surface area contributed by atoms with Crippen molar-refractivity contribution in [3.8, 4) is 0 Å². The largest absolute Gasteiger partial charge is 0.363 e. The Balaban J connectivity index is 1.94. The summed E-state index contributed by atoms with van der Waals surface area (Å²) in [6.07, 6.45) is 4.75. The van der Waals surface area contributed by atoms with Gasteiger partial charge in [-0.1, -0.05) is 20.3 Å². The fourth-order valence-corrected chi connectivity index (χ4v) is 3.62. The molecule has 2 atom stereocenters. The third-order valence-electron chi connectivity index (χ3n) is 3.48. The highest BCUT2D eigenvalue weighted by molar-refractivity contribution is 7.89. The van der Waals surface area contributed by atoms with E-state index in [0.29, 0.717) is 17.4 Å². The van der Waals surface area contributed by atoms with Crippen molar-refractivity contribution >= 4 is 10.0 Å². The molecule has 108 valence electrons. The van der Waals surface area contributed by atoms with E-state index in [1.54, 1.807) is 12.3 Å². The lowest BCUT2D eigenvalue weighted by atomic mass is 10.2. The van der Waals surface area contributed by atoms with Crippen LogP contribution in [0.25, 0.3) is 0 Å². The van der Waals surface area contributed by atoms with Crippen LogP contribution in [0.1, 0.15) is 38.8 Å². The van der Waals surface area contributed by atoms with Crippen LogP contribution in [-0.4, -0.2) is 26.0 Å². The molecule has 5 nitrogen and oxygen atoms in total. The molecule has 1 heterocycles. The Hall–Kier alpha value is -0.850. The van der Waals surface area contributed by atoms with Gasteiger partial charge < -0.3 is 10.3 Å². The van der Waals surface area contributed by atoms with E-state index in [1.807, 2.05) is 6.92 Å². The minimum absolute atomic E-state index is 0.136. The Kier molecular flexibility index (Phi) is 4.65. The fraction of sp³-hybridized carbons (Fsp3) is 0.692. The normalized spacial score (nSPS) is 22.6. The van der Waals surface area contributed by atoms with Gasteiger partial charge in [-0.3, -0.25) is 0 Å². The molecule has 3 N–H and O–H groups in total. The third kappa shape index (κ3) is 3.81. The number of aromatic nitrogens is 1. The molecule has 0 aliphatic heterocycles. The SMILES string of the molecule is CCCC1CC1NS(=O)(=O)c1c[nH]c(CNCC)c1. The molecule has 0 spiro atoms. The summed E-state index contributed by atoms with van der Waals surface area (Å²) in [6, 6.07) is 1.83. The van der Waals surface area contributed by atoms with Gasteiger partial charge in [0.25, 0.3) is 0 Å². The number of sulfonamides is 1. The lowest BCUT2D eigenvalue weighted by Crippen LogP contribution is -2.26. The molecule has 1 aromatic heterocycles. The zero-order valence-corrected chi connectivity index (χ0v) is 12.4. The highest BCUT2D eigenvalue weighted by Crippen LogP contribution is 2.35. The van der Waals surface area contributed by atoms with E-state index in [9.17, 15) is 8.42 Å². The van der Waals surface area contributed by atoms with Crippen molar-refractivity contribution in [3.05, 3.63) is 18.0 Å². The van der Waals surface area contributed by atoms with E-state index >= 15 is 0 Å². The van der Waals surface area contributed by atoms with Crippen LogP contribution in [0.5, 0.6) is 0 Å². The minimum atomic E-state index is -3.36. The van der Waals surface area contributed by atoms with Crippen molar-refractivity contribution in [2.45, 2.75) is 50.6 Å². The Bertz CT molecular complexity index is 510. The zero-order valence-electron chi connectivity index (χ0n) is 11.6. The molecule has 2 unspecified atom stereocenters. The van der Waals surface area contributed by atoms with Crippen molar-refractivity contribution < 1.29 is 8.42 Å². The molecule has 1 aromatic rings. The average molecular weight is 285 g/mol. The van der Waals surface area contributed by atoms with Gasteiger partial charge in [0, 0.05) is 24.5 Å². The summed E-state index contributed by atoms with van der Waals surface area (Å²) in [5, 5.41) is 3.16. The van der Waals surface area contributed by atoms with E-state index in [0.717, 1.165) is 31.5 Å². The number of hydrogen-bond donors (Lipinski definition) is 3. The number of rotatable bonds is 8. The molecular weight excluding hydrogens is 262 g/mol. The van der Waals surface area contributed by atoms with Crippen molar-refractivity contribution in [2.75, 3.05) is 6.54 Å². The topological polar surface area (TPSA) is 74.0 Å². The summed E-state index contributed by atoms with van der Waals surface area (Å²) in [6.45, 7) is 5.67. The monoisotopic (exact) mass is 285 g/mol. The second-order valence-electron chi connectivity index (χ2n) is 5.15. The van der Waals surface area contributed by atoms with E-state index in [-0.39, 0.29) is 6.04 Å². The number of hydrogen-bond acceptors (Lipinski definition) is 3. The molecule has 0 saturated heterocycles. The zero-order chi connectivity index (χ0) is 13.9. The number of aromatic amines is 1. The molecule has 0 aromatic carbocycles. The van der Waals surface area contributed by atoms with Crippen LogP contribution in [0, 0.1) is 5.92 Å². The predicted molar refractivity (Wildman–Crippen MR) is 75.3 cm³/mol. The molecule has 1 saturated carbocycles. The minimum Gasteiger partial charge on any atom is -0.363 e. The Morgan fingerprint density at radius 3 is 2.89 bits per heavy atom. The molecular formula is C13H23N3O2S. The highest BCUT2D eigenvalue weighted by atomic mass is 32.2. The maximum atomic E-state index is 12.2. The van der Waals surface area contributed by atoms with Gasteiger partial charge in [-0.15, -0.1) is 0 Å². The Morgan fingerprint density at radius 1 is 1.42 bits per heavy atom. The molecule has 1 fully saturated rings. The van der Waals surface area contributed by atoms with Crippen LogP contribution in [0.3, 0.4) is 0 Å². The molecule has 1 aliphatic rings. The molecule has 1 aliphatic carbocycles. The summed E-state index contributed by atoms with van der Waals surface area (Å²) in [4.78, 5) is 3.33. The van der Waals surface area contributed by atoms with Crippen LogP contribution in [0.2, 0.25) is 0 Å². The van der Waals surface area contributed by atoms with Gasteiger partial charge in [-0.2, -0.15) is 0 Å². The third-order valence-corrected chi connectivity index (χ3v) is 4.95. The summed E-state index contributed by atoms with van der Waals surface area (Å²) in [7, 11) is -3.36. The van der Waals surface area contributed by atoms with E-state index < -0.39 is 10.0 Å². The van der Waals surface area contributed by atoms with Crippen LogP contribution in [0.4, 0.5) is 0 Å². The van der Waals surface area contributed by atoms with Crippen LogP contribution in [0.15, 0.2) is 17.2 Å². The summed E-state index contributed by atoms with van der Waals surface area (Å²) in [5.41, 5.74) is 0.892. The first kappa shape index (κ1) is 14.6. The molecule has 6 heteroatoms. The number of nitrogens with one attached hydrogen (secondary N) is 3.